The molecule has 1 amide bonds. The number of benzene rings is 2. The largest absolute Gasteiger partial charge is 0.467 e. The molecular weight excluding hydrogens is 421 g/mol. The van der Waals surface area contributed by atoms with E-state index in [9.17, 15) is 4.79 Å². The molecular formula is C23H27Cl2N3O2. The van der Waals surface area contributed by atoms with E-state index in [1.165, 1.54) is 11.3 Å². The number of nitrogens with one attached hydrogen (secondary N) is 1. The van der Waals surface area contributed by atoms with Crippen molar-refractivity contribution >= 4 is 36.4 Å². The number of anilines is 1. The summed E-state index contributed by atoms with van der Waals surface area (Å²) in [7, 11) is 0. The second kappa shape index (κ2) is 10.5. The highest BCUT2D eigenvalue weighted by Gasteiger charge is 2.28. The molecule has 1 aliphatic rings. The van der Waals surface area contributed by atoms with Crippen LogP contribution in [0.1, 0.15) is 40.2 Å². The van der Waals surface area contributed by atoms with Crippen LogP contribution >= 0.6 is 24.8 Å². The Hall–Kier alpha value is -2.47. The predicted molar refractivity (Wildman–Crippen MR) is 125 cm³/mol. The Labute approximate surface area is 189 Å². The van der Waals surface area contributed by atoms with Gasteiger partial charge >= 0.3 is 0 Å². The van der Waals surface area contributed by atoms with Gasteiger partial charge in [-0.2, -0.15) is 0 Å². The molecule has 0 spiro atoms. The van der Waals surface area contributed by atoms with Crippen molar-refractivity contribution in [1.29, 1.82) is 0 Å². The summed E-state index contributed by atoms with van der Waals surface area (Å²) in [6, 6.07) is 20.0. The Morgan fingerprint density at radius 1 is 1.13 bits per heavy atom. The minimum Gasteiger partial charge on any atom is -0.467 e. The first-order chi connectivity index (χ1) is 13.6. The van der Waals surface area contributed by atoms with Gasteiger partial charge in [-0.05, 0) is 36.6 Å². The van der Waals surface area contributed by atoms with Crippen LogP contribution in [0.15, 0.2) is 71.3 Å². The van der Waals surface area contributed by atoms with Crippen molar-refractivity contribution in [3.63, 3.8) is 0 Å². The van der Waals surface area contributed by atoms with Crippen LogP contribution in [0, 0.1) is 0 Å². The van der Waals surface area contributed by atoms with Gasteiger partial charge in [0.2, 0.25) is 0 Å². The summed E-state index contributed by atoms with van der Waals surface area (Å²) < 4.78 is 5.67. The molecule has 30 heavy (non-hydrogen) atoms. The molecule has 0 saturated heterocycles. The maximum Gasteiger partial charge on any atom is 0.254 e. The van der Waals surface area contributed by atoms with E-state index in [1.54, 1.807) is 12.3 Å². The molecule has 1 aliphatic heterocycles. The van der Waals surface area contributed by atoms with Crippen molar-refractivity contribution in [3.8, 4) is 0 Å². The molecule has 2 heterocycles. The maximum atomic E-state index is 12.7. The number of nitrogens with zero attached hydrogens (tertiary/aromatic N) is 1. The van der Waals surface area contributed by atoms with Crippen molar-refractivity contribution in [2.45, 2.75) is 32.0 Å². The summed E-state index contributed by atoms with van der Waals surface area (Å²) in [6.45, 7) is 3.14. The first-order valence-corrected chi connectivity index (χ1v) is 9.63. The molecule has 0 bridgehead atoms. The van der Waals surface area contributed by atoms with Gasteiger partial charge in [0, 0.05) is 24.3 Å². The number of carbonyl (C=O) groups is 1. The fourth-order valence-corrected chi connectivity index (χ4v) is 3.81. The third-order valence-corrected chi connectivity index (χ3v) is 5.36. The van der Waals surface area contributed by atoms with Crippen molar-refractivity contribution in [2.24, 2.45) is 5.73 Å². The van der Waals surface area contributed by atoms with Crippen molar-refractivity contribution < 1.29 is 9.21 Å². The van der Waals surface area contributed by atoms with Gasteiger partial charge in [0.25, 0.3) is 5.91 Å². The fraction of sp³-hybridized carbons (Fsp3) is 0.261. The molecule has 7 heteroatoms. The zero-order valence-corrected chi connectivity index (χ0v) is 18.4. The zero-order valence-electron chi connectivity index (χ0n) is 16.8. The molecule has 0 aliphatic carbocycles. The van der Waals surface area contributed by atoms with E-state index < -0.39 is 0 Å². The molecule has 1 aromatic heterocycles. The monoisotopic (exact) mass is 447 g/mol. The third kappa shape index (κ3) is 4.98. The molecule has 3 N–H and O–H groups in total. The van der Waals surface area contributed by atoms with Gasteiger partial charge < -0.3 is 20.4 Å². The van der Waals surface area contributed by atoms with Crippen LogP contribution in [-0.2, 0) is 13.0 Å². The van der Waals surface area contributed by atoms with Crippen molar-refractivity contribution in [3.05, 3.63) is 89.4 Å². The summed E-state index contributed by atoms with van der Waals surface area (Å²) in [4.78, 5) is 15.0. The molecule has 0 fully saturated rings. The highest BCUT2D eigenvalue weighted by Crippen LogP contribution is 2.33. The van der Waals surface area contributed by atoms with Crippen molar-refractivity contribution in [1.82, 2.24) is 5.32 Å². The lowest BCUT2D eigenvalue weighted by atomic mass is 10.1. The SMILES string of the molecule is CC1Cc2ccccc2N1Cc1occc1C(=O)NCC(N)c1ccccc1.Cl.Cl. The number of para-hydroxylation sites is 1. The third-order valence-electron chi connectivity index (χ3n) is 5.36. The predicted octanol–water partition coefficient (Wildman–Crippen LogP) is 4.50. The number of hydrogen-bond donors (Lipinski definition) is 2. The van der Waals surface area contributed by atoms with Crippen LogP contribution in [0.4, 0.5) is 5.69 Å². The van der Waals surface area contributed by atoms with Gasteiger partial charge in [-0.3, -0.25) is 4.79 Å². The lowest BCUT2D eigenvalue weighted by Crippen LogP contribution is -2.33. The van der Waals surface area contributed by atoms with E-state index in [0.29, 0.717) is 30.5 Å². The van der Waals surface area contributed by atoms with Gasteiger partial charge in [-0.1, -0.05) is 48.5 Å². The topological polar surface area (TPSA) is 71.5 Å². The normalized spacial score (nSPS) is 15.5. The van der Waals surface area contributed by atoms with Gasteiger partial charge in [0.1, 0.15) is 5.76 Å². The Balaban J connectivity index is 0.00000160. The van der Waals surface area contributed by atoms with Crippen LogP contribution in [0.3, 0.4) is 0 Å². The van der Waals surface area contributed by atoms with Gasteiger partial charge in [0.05, 0.1) is 18.4 Å². The second-order valence-electron chi connectivity index (χ2n) is 7.29. The van der Waals surface area contributed by atoms with Gasteiger partial charge in [0.15, 0.2) is 0 Å². The van der Waals surface area contributed by atoms with Gasteiger partial charge in [-0.15, -0.1) is 24.8 Å². The number of furan rings is 1. The van der Waals surface area contributed by atoms with E-state index in [-0.39, 0.29) is 36.8 Å². The number of amides is 1. The Morgan fingerprint density at radius 2 is 1.83 bits per heavy atom. The quantitative estimate of drug-likeness (QED) is 0.583. The molecule has 2 unspecified atom stereocenters. The van der Waals surface area contributed by atoms with Crippen LogP contribution in [0.25, 0.3) is 0 Å². The van der Waals surface area contributed by atoms with E-state index in [4.69, 9.17) is 10.2 Å². The van der Waals surface area contributed by atoms with Crippen LogP contribution in [0.2, 0.25) is 0 Å². The average Bonchev–Trinajstić information content (AvgIpc) is 3.31. The highest BCUT2D eigenvalue weighted by atomic mass is 35.5. The lowest BCUT2D eigenvalue weighted by Gasteiger charge is -2.24. The zero-order chi connectivity index (χ0) is 19.5. The maximum absolute atomic E-state index is 12.7. The molecule has 2 aromatic carbocycles. The Kier molecular flexibility index (Phi) is 8.35. The standard InChI is InChI=1S/C23H25N3O2.2ClH/c1-16-13-18-9-5-6-10-21(18)26(16)15-22-19(11-12-28-22)23(27)25-14-20(24)17-7-3-2-4-8-17;;/h2-12,16,20H,13-15,24H2,1H3,(H,25,27);2*1H. The first kappa shape index (κ1) is 23.8. The fourth-order valence-electron chi connectivity index (χ4n) is 3.81. The summed E-state index contributed by atoms with van der Waals surface area (Å²) in [5.74, 6) is 0.518. The first-order valence-electron chi connectivity index (χ1n) is 9.63. The molecule has 0 saturated carbocycles. The van der Waals surface area contributed by atoms with E-state index in [1.807, 2.05) is 36.4 Å². The molecule has 0 radical (unpaired) electrons. The lowest BCUT2D eigenvalue weighted by molar-refractivity contribution is 0.0949. The highest BCUT2D eigenvalue weighted by molar-refractivity contribution is 5.95. The number of carbonyl (C=O) groups excluding carboxylic acids is 1. The van der Waals surface area contributed by atoms with Crippen LogP contribution in [0.5, 0.6) is 0 Å². The Morgan fingerprint density at radius 3 is 2.60 bits per heavy atom. The van der Waals surface area contributed by atoms with Crippen molar-refractivity contribution in [2.75, 3.05) is 11.4 Å². The second-order valence-corrected chi connectivity index (χ2v) is 7.29. The summed E-state index contributed by atoms with van der Waals surface area (Å²) in [6.07, 6.45) is 2.58. The van der Waals surface area contributed by atoms with Crippen LogP contribution < -0.4 is 16.0 Å². The van der Waals surface area contributed by atoms with Crippen LogP contribution in [-0.4, -0.2) is 18.5 Å². The molecule has 5 nitrogen and oxygen atoms in total. The number of hydrogen-bond acceptors (Lipinski definition) is 4. The van der Waals surface area contributed by atoms with E-state index in [2.05, 4.69) is 35.3 Å². The Bertz CT molecular complexity index is 962. The molecule has 2 atom stereocenters. The number of nitrogens with two attached hydrogens (primary N) is 1. The molecule has 3 aromatic rings. The number of rotatable bonds is 6. The van der Waals surface area contributed by atoms with E-state index >= 15 is 0 Å². The number of halogens is 2. The minimum absolute atomic E-state index is 0. The molecule has 4 rings (SSSR count). The minimum atomic E-state index is -0.244. The average molecular weight is 448 g/mol. The smallest absolute Gasteiger partial charge is 0.254 e. The summed E-state index contributed by atoms with van der Waals surface area (Å²) in [5, 5.41) is 2.94. The van der Waals surface area contributed by atoms with E-state index in [0.717, 1.165) is 12.0 Å². The van der Waals surface area contributed by atoms with Gasteiger partial charge in [-0.25, -0.2) is 0 Å². The molecule has 160 valence electrons. The summed E-state index contributed by atoms with van der Waals surface area (Å²) >= 11 is 0. The number of fused-ring (bicyclic) bond motifs is 1. The summed E-state index contributed by atoms with van der Waals surface area (Å²) in [5.41, 5.74) is 10.3.